The van der Waals surface area contributed by atoms with Gasteiger partial charge in [-0.1, -0.05) is 29.5 Å². The molecule has 1 heterocycles. The number of nitrogens with two attached hydrogens (primary N) is 5. The summed E-state index contributed by atoms with van der Waals surface area (Å²) in [6.07, 6.45) is 0. The first-order valence-electron chi connectivity index (χ1n) is 8.58. The lowest BCUT2D eigenvalue weighted by Crippen LogP contribution is -2.29. The number of amidine groups is 1. The minimum absolute atomic E-state index is 0.225. The Kier molecular flexibility index (Phi) is 6.17. The number of fused-ring (bicyclic) bond motifs is 1. The van der Waals surface area contributed by atoms with Gasteiger partial charge in [0.15, 0.2) is 20.8 Å². The van der Waals surface area contributed by atoms with E-state index in [9.17, 15) is 16.8 Å². The molecule has 0 amide bonds. The number of thiazole rings is 1. The third kappa shape index (κ3) is 4.32. The van der Waals surface area contributed by atoms with Crippen molar-refractivity contribution in [1.29, 1.82) is 0 Å². The zero-order chi connectivity index (χ0) is 23.0. The molecule has 166 valence electrons. The molecule has 11 N–H and O–H groups in total. The molecule has 0 spiro atoms. The SMILES string of the molecule is NCCS(=O)(=O)c1ccc(-c2cccc3sc(N)nc23)c(/C(N)=N/NN)c1S(N)(=O)=O. The number of hydrogen-bond acceptors (Lipinski definition) is 11. The number of hydrogen-bond donors (Lipinski definition) is 6. The van der Waals surface area contributed by atoms with Crippen LogP contribution in [0.5, 0.6) is 0 Å². The average molecular weight is 485 g/mol. The Morgan fingerprint density at radius 3 is 2.45 bits per heavy atom. The number of nitrogens with zero attached hydrogens (tertiary/aromatic N) is 2. The van der Waals surface area contributed by atoms with Crippen LogP contribution in [0.15, 0.2) is 45.2 Å². The monoisotopic (exact) mass is 484 g/mol. The van der Waals surface area contributed by atoms with Gasteiger partial charge in [0, 0.05) is 17.7 Å². The number of anilines is 1. The highest BCUT2D eigenvalue weighted by Crippen LogP contribution is 2.38. The van der Waals surface area contributed by atoms with Crippen LogP contribution in [0, 0.1) is 0 Å². The van der Waals surface area contributed by atoms with Crippen molar-refractivity contribution in [3.05, 3.63) is 35.9 Å². The molecule has 0 atom stereocenters. The lowest BCUT2D eigenvalue weighted by Gasteiger charge is -2.17. The summed E-state index contributed by atoms with van der Waals surface area (Å²) >= 11 is 1.23. The van der Waals surface area contributed by atoms with Gasteiger partial charge in [-0.3, -0.25) is 0 Å². The summed E-state index contributed by atoms with van der Waals surface area (Å²) in [7, 11) is -8.71. The van der Waals surface area contributed by atoms with Crippen LogP contribution in [-0.2, 0) is 19.9 Å². The quantitative estimate of drug-likeness (QED) is 0.104. The van der Waals surface area contributed by atoms with E-state index in [0.717, 1.165) is 10.8 Å². The lowest BCUT2D eigenvalue weighted by atomic mass is 9.98. The molecule has 15 heteroatoms. The Morgan fingerprint density at radius 1 is 1.13 bits per heavy atom. The highest BCUT2D eigenvalue weighted by Gasteiger charge is 2.31. The van der Waals surface area contributed by atoms with Gasteiger partial charge in [0.25, 0.3) is 0 Å². The molecule has 12 nitrogen and oxygen atoms in total. The molecule has 0 bridgehead atoms. The Labute approximate surface area is 182 Å². The number of aromatic nitrogens is 1. The van der Waals surface area contributed by atoms with Crippen molar-refractivity contribution in [3.8, 4) is 11.1 Å². The number of rotatable bonds is 7. The number of para-hydroxylation sites is 1. The van der Waals surface area contributed by atoms with E-state index in [2.05, 4.69) is 10.1 Å². The van der Waals surface area contributed by atoms with E-state index in [0.29, 0.717) is 16.2 Å². The van der Waals surface area contributed by atoms with Gasteiger partial charge in [-0.15, -0.1) is 5.10 Å². The summed E-state index contributed by atoms with van der Waals surface area (Å²) in [5.41, 5.74) is 20.1. The summed E-state index contributed by atoms with van der Waals surface area (Å²) in [5.74, 6) is 4.32. The molecular weight excluding hydrogens is 464 g/mol. The normalized spacial score (nSPS) is 12.9. The van der Waals surface area contributed by atoms with Crippen LogP contribution in [0.25, 0.3) is 21.3 Å². The van der Waals surface area contributed by atoms with Gasteiger partial charge < -0.3 is 17.2 Å². The average Bonchev–Trinajstić information content (AvgIpc) is 3.06. The lowest BCUT2D eigenvalue weighted by molar-refractivity contribution is 0.583. The van der Waals surface area contributed by atoms with Crippen LogP contribution >= 0.6 is 11.3 Å². The van der Waals surface area contributed by atoms with E-state index in [4.69, 9.17) is 28.2 Å². The summed E-state index contributed by atoms with van der Waals surface area (Å²) in [6.45, 7) is -0.227. The Hall–Kier alpha value is -2.82. The van der Waals surface area contributed by atoms with Gasteiger partial charge in [0.05, 0.1) is 20.9 Å². The predicted octanol–water partition coefficient (Wildman–Crippen LogP) is -0.991. The van der Waals surface area contributed by atoms with Crippen LogP contribution < -0.4 is 33.7 Å². The number of nitrogen functional groups attached to an aromatic ring is 1. The van der Waals surface area contributed by atoms with Gasteiger partial charge in [0.2, 0.25) is 10.0 Å². The van der Waals surface area contributed by atoms with Gasteiger partial charge in [-0.25, -0.2) is 38.3 Å². The number of sulfone groups is 1. The Morgan fingerprint density at radius 2 is 1.84 bits per heavy atom. The van der Waals surface area contributed by atoms with E-state index in [1.54, 1.807) is 18.2 Å². The molecule has 31 heavy (non-hydrogen) atoms. The first kappa shape index (κ1) is 22.9. The molecule has 0 unspecified atom stereocenters. The molecule has 0 saturated carbocycles. The number of sulfonamides is 1. The minimum atomic E-state index is -4.60. The minimum Gasteiger partial charge on any atom is -0.382 e. The topological polar surface area (TPSA) is 236 Å². The molecule has 0 radical (unpaired) electrons. The van der Waals surface area contributed by atoms with Crippen molar-refractivity contribution in [2.24, 2.45) is 27.6 Å². The molecule has 1 aromatic heterocycles. The van der Waals surface area contributed by atoms with Crippen molar-refractivity contribution in [2.45, 2.75) is 9.79 Å². The molecule has 3 aromatic rings. The van der Waals surface area contributed by atoms with E-state index >= 15 is 0 Å². The number of nitrogens with one attached hydrogen (secondary N) is 1. The predicted molar refractivity (Wildman–Crippen MR) is 120 cm³/mol. The fraction of sp³-hybridized carbons (Fsp3) is 0.125. The molecule has 0 aliphatic rings. The third-order valence-electron chi connectivity index (χ3n) is 4.29. The first-order valence-corrected chi connectivity index (χ1v) is 12.6. The molecule has 0 aliphatic heterocycles. The van der Waals surface area contributed by atoms with Crippen molar-refractivity contribution in [1.82, 2.24) is 10.5 Å². The van der Waals surface area contributed by atoms with Crippen molar-refractivity contribution in [2.75, 3.05) is 18.0 Å². The van der Waals surface area contributed by atoms with Crippen molar-refractivity contribution >= 4 is 52.4 Å². The molecule has 2 aromatic carbocycles. The Bertz CT molecular complexity index is 1400. The second-order valence-corrected chi connectivity index (χ2v) is 10.9. The second-order valence-electron chi connectivity index (χ2n) is 6.30. The molecule has 0 fully saturated rings. The zero-order valence-corrected chi connectivity index (χ0v) is 18.4. The van der Waals surface area contributed by atoms with Crippen LogP contribution in [0.1, 0.15) is 5.56 Å². The van der Waals surface area contributed by atoms with Crippen LogP contribution in [0.2, 0.25) is 0 Å². The summed E-state index contributed by atoms with van der Waals surface area (Å²) in [6, 6.07) is 7.69. The maximum atomic E-state index is 12.7. The van der Waals surface area contributed by atoms with Gasteiger partial charge in [-0.05, 0) is 17.7 Å². The second kappa shape index (κ2) is 8.37. The smallest absolute Gasteiger partial charge is 0.240 e. The largest absolute Gasteiger partial charge is 0.382 e. The standard InChI is InChI=1S/C16H20N8O4S3/c17-6-7-30(25,26)11-5-4-8(9-2-1-3-10-13(9)22-16(19)29-10)12(15(18)23-24-20)14(11)31(21,27)28/h1-5,24H,6-7,17,20H2,(H2,18,23)(H2,19,22)(H2,21,27,28). The van der Waals surface area contributed by atoms with Gasteiger partial charge >= 0.3 is 0 Å². The van der Waals surface area contributed by atoms with Gasteiger partial charge in [-0.2, -0.15) is 0 Å². The number of benzene rings is 2. The van der Waals surface area contributed by atoms with Crippen LogP contribution in [0.4, 0.5) is 5.13 Å². The van der Waals surface area contributed by atoms with Crippen molar-refractivity contribution in [3.63, 3.8) is 0 Å². The summed E-state index contributed by atoms with van der Waals surface area (Å²) in [5, 5.41) is 9.37. The molecular formula is C16H20N8O4S3. The van der Waals surface area contributed by atoms with Gasteiger partial charge in [0.1, 0.15) is 4.90 Å². The molecule has 0 saturated heterocycles. The number of hydrazine groups is 1. The Balaban J connectivity index is 2.53. The zero-order valence-electron chi connectivity index (χ0n) is 15.9. The molecule has 0 aliphatic carbocycles. The van der Waals surface area contributed by atoms with E-state index in [1.807, 2.05) is 5.53 Å². The van der Waals surface area contributed by atoms with Crippen LogP contribution in [-0.4, -0.2) is 40.0 Å². The number of hydrazone groups is 1. The fourth-order valence-electron chi connectivity index (χ4n) is 3.14. The first-order chi connectivity index (χ1) is 14.5. The summed E-state index contributed by atoms with van der Waals surface area (Å²) < 4.78 is 51.4. The summed E-state index contributed by atoms with van der Waals surface area (Å²) in [4.78, 5) is 3.03. The van der Waals surface area contributed by atoms with Crippen molar-refractivity contribution < 1.29 is 16.8 Å². The van der Waals surface area contributed by atoms with E-state index < -0.39 is 41.2 Å². The number of primary sulfonamides is 1. The highest BCUT2D eigenvalue weighted by atomic mass is 32.2. The van der Waals surface area contributed by atoms with E-state index in [-0.39, 0.29) is 17.7 Å². The maximum absolute atomic E-state index is 12.7. The van der Waals surface area contributed by atoms with Crippen LogP contribution in [0.3, 0.4) is 0 Å². The molecule has 3 rings (SSSR count). The fourth-order valence-corrected chi connectivity index (χ4v) is 6.67. The maximum Gasteiger partial charge on any atom is 0.240 e. The highest BCUT2D eigenvalue weighted by molar-refractivity contribution is 7.93. The third-order valence-corrected chi connectivity index (χ3v) is 8.05. The van der Waals surface area contributed by atoms with E-state index in [1.165, 1.54) is 17.4 Å².